The number of anilines is 1. The molecule has 0 saturated carbocycles. The Morgan fingerprint density at radius 1 is 1.32 bits per heavy atom. The number of carboxylic acid groups (broad SMARTS) is 1. The highest BCUT2D eigenvalue weighted by Gasteiger charge is 2.33. The van der Waals surface area contributed by atoms with Crippen molar-refractivity contribution in [1.29, 1.82) is 0 Å². The number of phenols is 1. The van der Waals surface area contributed by atoms with Crippen LogP contribution in [0.3, 0.4) is 0 Å². The number of nitrogens with zero attached hydrogens (tertiary/aromatic N) is 1. The number of allylic oxidation sites excluding steroid dienone is 2. The highest BCUT2D eigenvalue weighted by molar-refractivity contribution is 8.27. The highest BCUT2D eigenvalue weighted by Crippen LogP contribution is 2.36. The molecule has 1 aromatic carbocycles. The maximum atomic E-state index is 12.6. The molecule has 3 rings (SSSR count). The molecule has 1 aromatic heterocycles. The zero-order valence-corrected chi connectivity index (χ0v) is 14.2. The van der Waals surface area contributed by atoms with Crippen molar-refractivity contribution in [3.05, 3.63) is 65.0 Å². The van der Waals surface area contributed by atoms with Gasteiger partial charge in [0.1, 0.15) is 17.1 Å². The summed E-state index contributed by atoms with van der Waals surface area (Å²) in [7, 11) is 0. The third-order valence-electron chi connectivity index (χ3n) is 3.31. The van der Waals surface area contributed by atoms with Gasteiger partial charge in [-0.05, 0) is 42.5 Å². The van der Waals surface area contributed by atoms with E-state index in [9.17, 15) is 14.7 Å². The number of hydrogen-bond acceptors (Lipinski definition) is 6. The van der Waals surface area contributed by atoms with Crippen molar-refractivity contribution in [3.63, 3.8) is 0 Å². The largest absolute Gasteiger partial charge is 0.507 e. The lowest BCUT2D eigenvalue weighted by atomic mass is 10.1. The summed E-state index contributed by atoms with van der Waals surface area (Å²) >= 11 is 6.33. The molecule has 2 aromatic rings. The summed E-state index contributed by atoms with van der Waals surface area (Å²) in [6.45, 7) is 0. The van der Waals surface area contributed by atoms with Gasteiger partial charge in [-0.25, -0.2) is 4.79 Å². The summed E-state index contributed by atoms with van der Waals surface area (Å²) in [5, 5.41) is 18.7. The predicted octanol–water partition coefficient (Wildman–Crippen LogP) is 3.65. The molecule has 0 bridgehead atoms. The summed E-state index contributed by atoms with van der Waals surface area (Å²) in [6.07, 6.45) is 6.53. The molecule has 0 atom stereocenters. The normalized spacial score (nSPS) is 16.3. The molecule has 0 radical (unpaired) electrons. The minimum absolute atomic E-state index is 0.282. The van der Waals surface area contributed by atoms with Gasteiger partial charge < -0.3 is 14.6 Å². The first-order chi connectivity index (χ1) is 12.0. The summed E-state index contributed by atoms with van der Waals surface area (Å²) in [4.78, 5) is 25.3. The molecule has 1 aliphatic heterocycles. The van der Waals surface area contributed by atoms with Crippen LogP contribution >= 0.6 is 24.0 Å². The summed E-state index contributed by atoms with van der Waals surface area (Å²) in [5.74, 6) is -1.38. The van der Waals surface area contributed by atoms with E-state index in [0.717, 1.165) is 11.8 Å². The molecule has 0 unspecified atom stereocenters. The van der Waals surface area contributed by atoms with Crippen LogP contribution in [-0.4, -0.2) is 26.4 Å². The minimum Gasteiger partial charge on any atom is -0.507 e. The first-order valence-electron chi connectivity index (χ1n) is 7.02. The second-order valence-electron chi connectivity index (χ2n) is 4.92. The topological polar surface area (TPSA) is 91.0 Å². The zero-order chi connectivity index (χ0) is 18.0. The van der Waals surface area contributed by atoms with E-state index in [2.05, 4.69) is 0 Å². The maximum Gasteiger partial charge on any atom is 0.339 e. The predicted molar refractivity (Wildman–Crippen MR) is 98.6 cm³/mol. The Hall–Kier alpha value is -2.84. The van der Waals surface area contributed by atoms with Gasteiger partial charge in [-0.1, -0.05) is 30.1 Å². The average Bonchev–Trinajstić information content (AvgIpc) is 3.17. The van der Waals surface area contributed by atoms with Crippen LogP contribution in [0.2, 0.25) is 0 Å². The van der Waals surface area contributed by atoms with E-state index in [1.54, 1.807) is 36.6 Å². The molecule has 2 heterocycles. The van der Waals surface area contributed by atoms with Crippen LogP contribution in [0.25, 0.3) is 6.08 Å². The molecule has 126 valence electrons. The van der Waals surface area contributed by atoms with E-state index in [1.165, 1.54) is 23.1 Å². The van der Waals surface area contributed by atoms with E-state index in [0.29, 0.717) is 10.7 Å². The smallest absolute Gasteiger partial charge is 0.339 e. The Bertz CT molecular complexity index is 915. The van der Waals surface area contributed by atoms with E-state index < -0.39 is 5.97 Å². The standard InChI is InChI=1S/C17H11NO5S2/c19-13-7-6-10(9-12(13)16(21)22)18-15(20)14(25-17(18)24)5-1-3-11-4-2-8-23-11/h1-9,19H,(H,21,22)/b3-1+,14-5+. The molecule has 8 heteroatoms. The van der Waals surface area contributed by atoms with Crippen molar-refractivity contribution in [3.8, 4) is 5.75 Å². The third kappa shape index (κ3) is 3.49. The van der Waals surface area contributed by atoms with Crippen molar-refractivity contribution in [2.75, 3.05) is 4.90 Å². The van der Waals surface area contributed by atoms with E-state index >= 15 is 0 Å². The van der Waals surface area contributed by atoms with Crippen molar-refractivity contribution < 1.29 is 24.2 Å². The zero-order valence-electron chi connectivity index (χ0n) is 12.6. The third-order valence-corrected chi connectivity index (χ3v) is 4.63. The van der Waals surface area contributed by atoms with Crippen LogP contribution < -0.4 is 4.90 Å². The van der Waals surface area contributed by atoms with Crippen LogP contribution in [0.1, 0.15) is 16.1 Å². The molecule has 25 heavy (non-hydrogen) atoms. The first-order valence-corrected chi connectivity index (χ1v) is 8.24. The van der Waals surface area contributed by atoms with E-state index in [1.807, 2.05) is 0 Å². The lowest BCUT2D eigenvalue weighted by molar-refractivity contribution is -0.113. The van der Waals surface area contributed by atoms with Gasteiger partial charge in [-0.2, -0.15) is 0 Å². The van der Waals surface area contributed by atoms with Crippen LogP contribution in [0.4, 0.5) is 5.69 Å². The Morgan fingerprint density at radius 2 is 2.12 bits per heavy atom. The van der Waals surface area contributed by atoms with Gasteiger partial charge in [0.25, 0.3) is 5.91 Å². The molecular weight excluding hydrogens is 362 g/mol. The highest BCUT2D eigenvalue weighted by atomic mass is 32.2. The minimum atomic E-state index is -1.29. The lowest BCUT2D eigenvalue weighted by Crippen LogP contribution is -2.27. The van der Waals surface area contributed by atoms with Crippen LogP contribution in [0.5, 0.6) is 5.75 Å². The Balaban J connectivity index is 1.87. The molecule has 1 saturated heterocycles. The monoisotopic (exact) mass is 373 g/mol. The molecule has 6 nitrogen and oxygen atoms in total. The number of benzene rings is 1. The summed E-state index contributed by atoms with van der Waals surface area (Å²) in [6, 6.07) is 7.40. The summed E-state index contributed by atoms with van der Waals surface area (Å²) in [5.41, 5.74) is -0.00985. The van der Waals surface area contributed by atoms with Gasteiger partial charge >= 0.3 is 5.97 Å². The summed E-state index contributed by atoms with van der Waals surface area (Å²) < 4.78 is 5.44. The second-order valence-corrected chi connectivity index (χ2v) is 6.60. The van der Waals surface area contributed by atoms with Crippen molar-refractivity contribution in [2.24, 2.45) is 0 Å². The number of aromatic carboxylic acids is 1. The molecule has 1 fully saturated rings. The van der Waals surface area contributed by atoms with Crippen molar-refractivity contribution >= 4 is 51.9 Å². The SMILES string of the molecule is O=C(O)c1cc(N2C(=O)/C(=C\C=C\c3ccco3)SC2=S)ccc1O. The fourth-order valence-corrected chi connectivity index (χ4v) is 3.41. The van der Waals surface area contributed by atoms with Crippen molar-refractivity contribution in [1.82, 2.24) is 0 Å². The molecule has 1 amide bonds. The van der Waals surface area contributed by atoms with E-state index in [-0.39, 0.29) is 27.2 Å². The number of thioether (sulfide) groups is 1. The Labute approximate surface area is 152 Å². The number of carbonyl (C=O) groups excluding carboxylic acids is 1. The number of amides is 1. The number of carbonyl (C=O) groups is 2. The lowest BCUT2D eigenvalue weighted by Gasteiger charge is -2.15. The van der Waals surface area contributed by atoms with Gasteiger partial charge in [0.2, 0.25) is 0 Å². The average molecular weight is 373 g/mol. The second kappa shape index (κ2) is 6.96. The molecule has 0 aliphatic carbocycles. The first kappa shape index (κ1) is 17.0. The fourth-order valence-electron chi connectivity index (χ4n) is 2.16. The van der Waals surface area contributed by atoms with Gasteiger partial charge in [-0.15, -0.1) is 0 Å². The Morgan fingerprint density at radius 3 is 2.80 bits per heavy atom. The molecule has 2 N–H and O–H groups in total. The number of thiocarbonyl (C=S) groups is 1. The molecule has 1 aliphatic rings. The van der Waals surface area contributed by atoms with Gasteiger partial charge in [-0.3, -0.25) is 9.69 Å². The number of aromatic hydroxyl groups is 1. The van der Waals surface area contributed by atoms with Crippen LogP contribution in [0, 0.1) is 0 Å². The Kier molecular flexibility index (Phi) is 4.73. The van der Waals surface area contributed by atoms with Gasteiger partial charge in [0.15, 0.2) is 4.32 Å². The van der Waals surface area contributed by atoms with Crippen LogP contribution in [-0.2, 0) is 4.79 Å². The number of furan rings is 1. The quantitative estimate of drug-likeness (QED) is 0.624. The van der Waals surface area contributed by atoms with Crippen molar-refractivity contribution in [2.45, 2.75) is 0 Å². The molecule has 0 spiro atoms. The van der Waals surface area contributed by atoms with Crippen LogP contribution in [0.15, 0.2) is 58.1 Å². The number of hydrogen-bond donors (Lipinski definition) is 2. The fraction of sp³-hybridized carbons (Fsp3) is 0. The maximum absolute atomic E-state index is 12.6. The number of rotatable bonds is 4. The number of carboxylic acids is 1. The van der Waals surface area contributed by atoms with Gasteiger partial charge in [0.05, 0.1) is 16.9 Å². The van der Waals surface area contributed by atoms with Gasteiger partial charge in [0, 0.05) is 0 Å². The molecular formula is C17H11NO5S2. The van der Waals surface area contributed by atoms with E-state index in [4.69, 9.17) is 21.7 Å².